The Morgan fingerprint density at radius 3 is 2.69 bits per heavy atom. The standard InChI is InChI=1S/C9H11NO3/c1-6(10-13)4-7-5-8(11)2-3-9(7)12/h2-3,5,11-13H,4H2,1H3/b10-6+. The van der Waals surface area contributed by atoms with Crippen LogP contribution in [-0.4, -0.2) is 21.1 Å². The van der Waals surface area contributed by atoms with Crippen molar-refractivity contribution in [1.82, 2.24) is 0 Å². The highest BCUT2D eigenvalue weighted by Crippen LogP contribution is 2.22. The van der Waals surface area contributed by atoms with Gasteiger partial charge in [-0.15, -0.1) is 0 Å². The van der Waals surface area contributed by atoms with Gasteiger partial charge in [-0.1, -0.05) is 5.16 Å². The Morgan fingerprint density at radius 2 is 2.08 bits per heavy atom. The summed E-state index contributed by atoms with van der Waals surface area (Å²) in [6.45, 7) is 1.63. The molecule has 0 atom stereocenters. The van der Waals surface area contributed by atoms with Crippen molar-refractivity contribution in [1.29, 1.82) is 0 Å². The van der Waals surface area contributed by atoms with E-state index in [-0.39, 0.29) is 11.5 Å². The maximum Gasteiger partial charge on any atom is 0.119 e. The second-order valence-electron chi connectivity index (χ2n) is 2.83. The molecule has 0 unspecified atom stereocenters. The normalized spacial score (nSPS) is 11.6. The minimum atomic E-state index is 0.0820. The second-order valence-corrected chi connectivity index (χ2v) is 2.83. The SMILES string of the molecule is C/C(Cc1cc(O)ccc1O)=N\O. The molecule has 0 bridgehead atoms. The van der Waals surface area contributed by atoms with Crippen LogP contribution in [0.5, 0.6) is 11.5 Å². The van der Waals surface area contributed by atoms with E-state index in [0.717, 1.165) is 0 Å². The summed E-state index contributed by atoms with van der Waals surface area (Å²) in [5.41, 5.74) is 1.01. The zero-order valence-electron chi connectivity index (χ0n) is 7.23. The maximum absolute atomic E-state index is 9.33. The Labute approximate surface area is 75.8 Å². The Kier molecular flexibility index (Phi) is 2.74. The number of nitrogens with zero attached hydrogens (tertiary/aromatic N) is 1. The minimum Gasteiger partial charge on any atom is -0.508 e. The van der Waals surface area contributed by atoms with E-state index < -0.39 is 0 Å². The number of rotatable bonds is 2. The first-order valence-electron chi connectivity index (χ1n) is 3.82. The van der Waals surface area contributed by atoms with Gasteiger partial charge in [0, 0.05) is 12.0 Å². The lowest BCUT2D eigenvalue weighted by atomic mass is 10.1. The molecule has 13 heavy (non-hydrogen) atoms. The van der Waals surface area contributed by atoms with Crippen LogP contribution in [-0.2, 0) is 6.42 Å². The van der Waals surface area contributed by atoms with Crippen LogP contribution in [0.15, 0.2) is 23.4 Å². The smallest absolute Gasteiger partial charge is 0.119 e. The summed E-state index contributed by atoms with van der Waals surface area (Å²) in [6, 6.07) is 4.23. The van der Waals surface area contributed by atoms with Crippen LogP contribution in [0.25, 0.3) is 0 Å². The molecule has 4 heteroatoms. The van der Waals surface area contributed by atoms with Gasteiger partial charge in [-0.05, 0) is 25.1 Å². The molecule has 0 spiro atoms. The van der Waals surface area contributed by atoms with Gasteiger partial charge in [0.25, 0.3) is 0 Å². The number of aromatic hydroxyl groups is 2. The lowest BCUT2D eigenvalue weighted by Gasteiger charge is -2.03. The Hall–Kier alpha value is -1.71. The van der Waals surface area contributed by atoms with E-state index in [1.165, 1.54) is 18.2 Å². The molecule has 1 rings (SSSR count). The quantitative estimate of drug-likeness (QED) is 0.280. The molecule has 70 valence electrons. The van der Waals surface area contributed by atoms with Crippen LogP contribution < -0.4 is 0 Å². The highest BCUT2D eigenvalue weighted by atomic mass is 16.4. The van der Waals surface area contributed by atoms with Crippen molar-refractivity contribution in [3.8, 4) is 11.5 Å². The van der Waals surface area contributed by atoms with Crippen LogP contribution in [0.3, 0.4) is 0 Å². The van der Waals surface area contributed by atoms with Gasteiger partial charge >= 0.3 is 0 Å². The van der Waals surface area contributed by atoms with Crippen molar-refractivity contribution < 1.29 is 15.4 Å². The first-order chi connectivity index (χ1) is 6.13. The summed E-state index contributed by atoms with van der Waals surface area (Å²) in [5, 5.41) is 29.8. The Morgan fingerprint density at radius 1 is 1.38 bits per heavy atom. The molecule has 0 aliphatic carbocycles. The average molecular weight is 181 g/mol. The van der Waals surface area contributed by atoms with E-state index in [1.54, 1.807) is 6.92 Å². The summed E-state index contributed by atoms with van der Waals surface area (Å²) in [7, 11) is 0. The van der Waals surface area contributed by atoms with E-state index in [4.69, 9.17) is 10.3 Å². The fourth-order valence-corrected chi connectivity index (χ4v) is 1.02. The lowest BCUT2D eigenvalue weighted by molar-refractivity contribution is 0.317. The van der Waals surface area contributed by atoms with Gasteiger partial charge in [0.1, 0.15) is 11.5 Å². The van der Waals surface area contributed by atoms with Crippen molar-refractivity contribution in [3.63, 3.8) is 0 Å². The summed E-state index contributed by atoms with van der Waals surface area (Å²) >= 11 is 0. The molecule has 0 saturated heterocycles. The largest absolute Gasteiger partial charge is 0.508 e. The van der Waals surface area contributed by atoms with Crippen LogP contribution in [0.4, 0.5) is 0 Å². The third-order valence-corrected chi connectivity index (χ3v) is 1.68. The van der Waals surface area contributed by atoms with Crippen LogP contribution >= 0.6 is 0 Å². The fraction of sp³-hybridized carbons (Fsp3) is 0.222. The summed E-state index contributed by atoms with van der Waals surface area (Å²) in [6.07, 6.45) is 0.316. The number of hydrogen-bond donors (Lipinski definition) is 3. The lowest BCUT2D eigenvalue weighted by Crippen LogP contribution is -1.97. The molecule has 1 aromatic carbocycles. The molecule has 0 heterocycles. The van der Waals surface area contributed by atoms with E-state index in [2.05, 4.69) is 5.16 Å². The molecule has 0 aliphatic rings. The number of benzene rings is 1. The molecule has 0 amide bonds. The van der Waals surface area contributed by atoms with Crippen molar-refractivity contribution in [3.05, 3.63) is 23.8 Å². The third-order valence-electron chi connectivity index (χ3n) is 1.68. The predicted octanol–water partition coefficient (Wildman–Crippen LogP) is 1.49. The molecule has 0 aromatic heterocycles. The Balaban J connectivity index is 2.94. The molecule has 3 N–H and O–H groups in total. The van der Waals surface area contributed by atoms with Crippen molar-refractivity contribution in [2.24, 2.45) is 5.16 Å². The Bertz CT molecular complexity index is 334. The number of phenolic OH excluding ortho intramolecular Hbond substituents is 2. The predicted molar refractivity (Wildman–Crippen MR) is 48.4 cm³/mol. The molecular formula is C9H11NO3. The maximum atomic E-state index is 9.33. The van der Waals surface area contributed by atoms with Crippen molar-refractivity contribution in [2.45, 2.75) is 13.3 Å². The fourth-order valence-electron chi connectivity index (χ4n) is 1.02. The molecule has 4 nitrogen and oxygen atoms in total. The molecular weight excluding hydrogens is 170 g/mol. The summed E-state index contributed by atoms with van der Waals surface area (Å²) in [5.74, 6) is 0.166. The molecule has 0 saturated carbocycles. The van der Waals surface area contributed by atoms with Crippen molar-refractivity contribution >= 4 is 5.71 Å². The number of oxime groups is 1. The van der Waals surface area contributed by atoms with Gasteiger partial charge in [-0.3, -0.25) is 0 Å². The molecule has 0 fully saturated rings. The zero-order chi connectivity index (χ0) is 9.84. The third kappa shape index (κ3) is 2.37. The molecule has 0 radical (unpaired) electrons. The van der Waals surface area contributed by atoms with Gasteiger partial charge in [-0.25, -0.2) is 0 Å². The van der Waals surface area contributed by atoms with E-state index in [1.807, 2.05) is 0 Å². The van der Waals surface area contributed by atoms with Gasteiger partial charge < -0.3 is 15.4 Å². The van der Waals surface area contributed by atoms with Crippen LogP contribution in [0, 0.1) is 0 Å². The van der Waals surface area contributed by atoms with E-state index in [0.29, 0.717) is 17.7 Å². The van der Waals surface area contributed by atoms with Gasteiger partial charge in [0.2, 0.25) is 0 Å². The number of hydrogen-bond acceptors (Lipinski definition) is 4. The monoisotopic (exact) mass is 181 g/mol. The average Bonchev–Trinajstić information content (AvgIpc) is 2.11. The van der Waals surface area contributed by atoms with Crippen molar-refractivity contribution in [2.75, 3.05) is 0 Å². The number of phenols is 2. The van der Waals surface area contributed by atoms with Gasteiger partial charge in [-0.2, -0.15) is 0 Å². The first kappa shape index (κ1) is 9.38. The van der Waals surface area contributed by atoms with Crippen LogP contribution in [0.1, 0.15) is 12.5 Å². The minimum absolute atomic E-state index is 0.0820. The van der Waals surface area contributed by atoms with E-state index in [9.17, 15) is 5.11 Å². The van der Waals surface area contributed by atoms with Gasteiger partial charge in [0.15, 0.2) is 0 Å². The zero-order valence-corrected chi connectivity index (χ0v) is 7.23. The highest BCUT2D eigenvalue weighted by molar-refractivity contribution is 5.84. The topological polar surface area (TPSA) is 73.0 Å². The van der Waals surface area contributed by atoms with Gasteiger partial charge in [0.05, 0.1) is 5.71 Å². The summed E-state index contributed by atoms with van der Waals surface area (Å²) < 4.78 is 0. The van der Waals surface area contributed by atoms with Crippen LogP contribution in [0.2, 0.25) is 0 Å². The molecule has 0 aliphatic heterocycles. The second kappa shape index (κ2) is 3.80. The summed E-state index contributed by atoms with van der Waals surface area (Å²) in [4.78, 5) is 0. The first-order valence-corrected chi connectivity index (χ1v) is 3.82. The molecule has 1 aromatic rings. The highest BCUT2D eigenvalue weighted by Gasteiger charge is 2.03. The van der Waals surface area contributed by atoms with E-state index >= 15 is 0 Å².